The normalized spacial score (nSPS) is 22.3. The number of H-pyrrole nitrogens is 1. The Morgan fingerprint density at radius 3 is 2.80 bits per heavy atom. The van der Waals surface area contributed by atoms with Crippen LogP contribution in [0.1, 0.15) is 43.0 Å². The van der Waals surface area contributed by atoms with Crippen LogP contribution in [0.5, 0.6) is 0 Å². The number of aromatic amines is 1. The van der Waals surface area contributed by atoms with Gasteiger partial charge in [0, 0.05) is 23.7 Å². The molecular weight excluding hydrogens is 206 g/mol. The molecule has 2 rings (SSSR count). The van der Waals surface area contributed by atoms with Crippen LogP contribution in [0.4, 0.5) is 0 Å². The Hall–Kier alpha value is -0.480. The monoisotopic (exact) mass is 225 g/mol. The highest BCUT2D eigenvalue weighted by Crippen LogP contribution is 2.23. The number of aromatic nitrogens is 2. The van der Waals surface area contributed by atoms with Gasteiger partial charge in [-0.1, -0.05) is 13.8 Å². The fourth-order valence-electron chi connectivity index (χ4n) is 1.97. The zero-order valence-electron chi connectivity index (χ0n) is 9.63. The Labute approximate surface area is 95.4 Å². The van der Waals surface area contributed by atoms with E-state index in [0.29, 0.717) is 12.0 Å². The van der Waals surface area contributed by atoms with Crippen molar-refractivity contribution < 1.29 is 0 Å². The van der Waals surface area contributed by atoms with Crippen LogP contribution in [0, 0.1) is 6.92 Å². The maximum absolute atomic E-state index is 4.70. The standard InChI is InChI=1S/C11H19N3S/c1-7(2)10-8(3)13-11(14-10)9-6-15-5-4-12-9/h7,9,12H,4-6H2,1-3H3,(H,13,14). The van der Waals surface area contributed by atoms with E-state index >= 15 is 0 Å². The maximum atomic E-state index is 4.70. The summed E-state index contributed by atoms with van der Waals surface area (Å²) in [6.07, 6.45) is 0. The quantitative estimate of drug-likeness (QED) is 0.811. The SMILES string of the molecule is Cc1[nH]c(C2CSCCN2)nc1C(C)C. The molecular formula is C11H19N3S. The van der Waals surface area contributed by atoms with Crippen molar-refractivity contribution >= 4 is 11.8 Å². The minimum absolute atomic E-state index is 0.412. The van der Waals surface area contributed by atoms with Gasteiger partial charge in [0.15, 0.2) is 0 Å². The van der Waals surface area contributed by atoms with Crippen molar-refractivity contribution in [1.82, 2.24) is 15.3 Å². The molecule has 0 aliphatic carbocycles. The Kier molecular flexibility index (Phi) is 3.36. The molecule has 1 fully saturated rings. The molecule has 1 aliphatic heterocycles. The highest BCUT2D eigenvalue weighted by Gasteiger charge is 2.20. The van der Waals surface area contributed by atoms with Crippen molar-refractivity contribution in [3.8, 4) is 0 Å². The molecule has 4 heteroatoms. The summed E-state index contributed by atoms with van der Waals surface area (Å²) in [4.78, 5) is 8.11. The van der Waals surface area contributed by atoms with E-state index in [1.807, 2.05) is 11.8 Å². The first-order valence-electron chi connectivity index (χ1n) is 5.56. The molecule has 1 atom stereocenters. The number of nitrogens with zero attached hydrogens (tertiary/aromatic N) is 1. The van der Waals surface area contributed by atoms with Gasteiger partial charge in [-0.15, -0.1) is 0 Å². The topological polar surface area (TPSA) is 40.7 Å². The number of hydrogen-bond acceptors (Lipinski definition) is 3. The van der Waals surface area contributed by atoms with Gasteiger partial charge in [-0.25, -0.2) is 4.98 Å². The Morgan fingerprint density at radius 2 is 2.27 bits per heavy atom. The molecule has 1 aliphatic rings. The molecule has 2 heterocycles. The molecule has 0 aromatic carbocycles. The minimum atomic E-state index is 0.412. The zero-order chi connectivity index (χ0) is 10.8. The van der Waals surface area contributed by atoms with Gasteiger partial charge in [-0.2, -0.15) is 11.8 Å². The van der Waals surface area contributed by atoms with Crippen molar-refractivity contribution in [3.63, 3.8) is 0 Å². The highest BCUT2D eigenvalue weighted by atomic mass is 32.2. The largest absolute Gasteiger partial charge is 0.345 e. The third-order valence-electron chi connectivity index (χ3n) is 2.74. The summed E-state index contributed by atoms with van der Waals surface area (Å²) in [6.45, 7) is 7.58. The number of thioether (sulfide) groups is 1. The van der Waals surface area contributed by atoms with E-state index in [4.69, 9.17) is 4.98 Å². The molecule has 1 aromatic heterocycles. The number of aryl methyl sites for hydroxylation is 1. The predicted octanol–water partition coefficient (Wildman–Crippen LogP) is 2.22. The lowest BCUT2D eigenvalue weighted by atomic mass is 10.1. The summed E-state index contributed by atoms with van der Waals surface area (Å²) in [5.41, 5.74) is 2.43. The molecule has 0 radical (unpaired) electrons. The fraction of sp³-hybridized carbons (Fsp3) is 0.727. The van der Waals surface area contributed by atoms with Crippen LogP contribution in [0.15, 0.2) is 0 Å². The first kappa shape index (κ1) is 11.0. The van der Waals surface area contributed by atoms with Gasteiger partial charge in [0.05, 0.1) is 11.7 Å². The number of rotatable bonds is 2. The number of imidazole rings is 1. The second kappa shape index (κ2) is 4.58. The first-order valence-corrected chi connectivity index (χ1v) is 6.71. The average Bonchev–Trinajstić information content (AvgIpc) is 2.62. The highest BCUT2D eigenvalue weighted by molar-refractivity contribution is 7.99. The lowest BCUT2D eigenvalue weighted by Crippen LogP contribution is -2.31. The van der Waals surface area contributed by atoms with Crippen molar-refractivity contribution in [3.05, 3.63) is 17.2 Å². The van der Waals surface area contributed by atoms with Gasteiger partial charge < -0.3 is 10.3 Å². The summed E-state index contributed by atoms with van der Waals surface area (Å²) in [5.74, 6) is 3.96. The van der Waals surface area contributed by atoms with Crippen LogP contribution in [-0.2, 0) is 0 Å². The van der Waals surface area contributed by atoms with Crippen molar-refractivity contribution in [2.75, 3.05) is 18.1 Å². The summed E-state index contributed by atoms with van der Waals surface area (Å²) in [6, 6.07) is 0.412. The third-order valence-corrected chi connectivity index (χ3v) is 3.80. The van der Waals surface area contributed by atoms with Crippen LogP contribution in [0.3, 0.4) is 0 Å². The van der Waals surface area contributed by atoms with E-state index in [-0.39, 0.29) is 0 Å². The summed E-state index contributed by atoms with van der Waals surface area (Å²) >= 11 is 2.00. The minimum Gasteiger partial charge on any atom is -0.345 e. The second-order valence-corrected chi connectivity index (χ2v) is 5.52. The van der Waals surface area contributed by atoms with Gasteiger partial charge in [-0.3, -0.25) is 0 Å². The van der Waals surface area contributed by atoms with E-state index in [0.717, 1.165) is 18.1 Å². The Balaban J connectivity index is 2.17. The molecule has 1 saturated heterocycles. The van der Waals surface area contributed by atoms with Gasteiger partial charge in [0.25, 0.3) is 0 Å². The van der Waals surface area contributed by atoms with Crippen LogP contribution >= 0.6 is 11.8 Å². The molecule has 2 N–H and O–H groups in total. The van der Waals surface area contributed by atoms with E-state index in [1.54, 1.807) is 0 Å². The maximum Gasteiger partial charge on any atom is 0.124 e. The summed E-state index contributed by atoms with van der Waals surface area (Å²) in [5, 5.41) is 3.50. The Morgan fingerprint density at radius 1 is 1.47 bits per heavy atom. The average molecular weight is 225 g/mol. The summed E-state index contributed by atoms with van der Waals surface area (Å²) < 4.78 is 0. The van der Waals surface area contributed by atoms with E-state index in [1.165, 1.54) is 17.1 Å². The third kappa shape index (κ3) is 2.37. The van der Waals surface area contributed by atoms with Gasteiger partial charge >= 0.3 is 0 Å². The number of hydrogen-bond donors (Lipinski definition) is 2. The van der Waals surface area contributed by atoms with Crippen molar-refractivity contribution in [2.45, 2.75) is 32.7 Å². The second-order valence-electron chi connectivity index (χ2n) is 4.37. The molecule has 0 saturated carbocycles. The summed E-state index contributed by atoms with van der Waals surface area (Å²) in [7, 11) is 0. The van der Waals surface area contributed by atoms with Gasteiger partial charge in [0.2, 0.25) is 0 Å². The van der Waals surface area contributed by atoms with Crippen molar-refractivity contribution in [2.24, 2.45) is 0 Å². The predicted molar refractivity (Wildman–Crippen MR) is 65.5 cm³/mol. The van der Waals surface area contributed by atoms with Crippen LogP contribution in [-0.4, -0.2) is 28.0 Å². The zero-order valence-corrected chi connectivity index (χ0v) is 10.4. The molecule has 15 heavy (non-hydrogen) atoms. The smallest absolute Gasteiger partial charge is 0.124 e. The molecule has 3 nitrogen and oxygen atoms in total. The molecule has 84 valence electrons. The van der Waals surface area contributed by atoms with E-state index < -0.39 is 0 Å². The van der Waals surface area contributed by atoms with Crippen LogP contribution < -0.4 is 5.32 Å². The van der Waals surface area contributed by atoms with Crippen LogP contribution in [0.2, 0.25) is 0 Å². The molecule has 1 aromatic rings. The fourth-order valence-corrected chi connectivity index (χ4v) is 2.91. The molecule has 0 spiro atoms. The first-order chi connectivity index (χ1) is 7.18. The van der Waals surface area contributed by atoms with Crippen molar-refractivity contribution in [1.29, 1.82) is 0 Å². The lowest BCUT2D eigenvalue weighted by molar-refractivity contribution is 0.567. The van der Waals surface area contributed by atoms with E-state index in [2.05, 4.69) is 31.1 Å². The molecule has 0 bridgehead atoms. The Bertz CT molecular complexity index is 327. The lowest BCUT2D eigenvalue weighted by Gasteiger charge is -2.21. The number of nitrogens with one attached hydrogen (secondary N) is 2. The molecule has 0 amide bonds. The van der Waals surface area contributed by atoms with Gasteiger partial charge in [-0.05, 0) is 12.8 Å². The molecule has 1 unspecified atom stereocenters. The van der Waals surface area contributed by atoms with Crippen LogP contribution in [0.25, 0.3) is 0 Å². The van der Waals surface area contributed by atoms with E-state index in [9.17, 15) is 0 Å². The van der Waals surface area contributed by atoms with Gasteiger partial charge in [0.1, 0.15) is 5.82 Å².